The second-order valence-corrected chi connectivity index (χ2v) is 3.36. The quantitative estimate of drug-likeness (QED) is 0.820. The number of aromatic amines is 1. The Morgan fingerprint density at radius 3 is 2.59 bits per heavy atom. The van der Waals surface area contributed by atoms with Crippen molar-refractivity contribution in [2.24, 2.45) is 0 Å². The number of hydrogen-bond acceptors (Lipinski definition) is 2. The molecule has 0 atom stereocenters. The molecule has 1 heterocycles. The second-order valence-electron chi connectivity index (χ2n) is 3.36. The summed E-state index contributed by atoms with van der Waals surface area (Å²) in [5.74, 6) is 0. The Morgan fingerprint density at radius 2 is 1.94 bits per heavy atom. The van der Waals surface area contributed by atoms with Gasteiger partial charge < -0.3 is 0 Å². The molecule has 0 unspecified atom stereocenters. The molecule has 0 saturated carbocycles. The molecule has 17 heavy (non-hydrogen) atoms. The number of halogens is 3. The van der Waals surface area contributed by atoms with Crippen molar-refractivity contribution in [2.45, 2.75) is 6.18 Å². The lowest BCUT2D eigenvalue weighted by Crippen LogP contribution is -2.07. The van der Waals surface area contributed by atoms with Gasteiger partial charge >= 0.3 is 6.18 Å². The molecule has 0 amide bonds. The third-order valence-electron chi connectivity index (χ3n) is 2.30. The lowest BCUT2D eigenvalue weighted by Gasteiger charge is -2.11. The van der Waals surface area contributed by atoms with Gasteiger partial charge in [0.2, 0.25) is 0 Å². The first-order valence-electron chi connectivity index (χ1n) is 4.69. The molecule has 0 fully saturated rings. The van der Waals surface area contributed by atoms with Crippen molar-refractivity contribution in [3.63, 3.8) is 0 Å². The first-order chi connectivity index (χ1) is 8.04. The van der Waals surface area contributed by atoms with E-state index in [1.54, 1.807) is 0 Å². The van der Waals surface area contributed by atoms with Gasteiger partial charge in [-0.25, -0.2) is 0 Å². The highest BCUT2D eigenvalue weighted by atomic mass is 19.4. The highest BCUT2D eigenvalue weighted by molar-refractivity contribution is 5.86. The number of hydrogen-bond donors (Lipinski definition) is 1. The Bertz CT molecular complexity index is 546. The number of H-pyrrole nitrogens is 1. The molecule has 0 saturated heterocycles. The molecule has 88 valence electrons. The molecule has 0 aliphatic carbocycles. The molecule has 0 aliphatic heterocycles. The third kappa shape index (κ3) is 2.06. The summed E-state index contributed by atoms with van der Waals surface area (Å²) in [5, 5.41) is 5.97. The van der Waals surface area contributed by atoms with E-state index >= 15 is 0 Å². The van der Waals surface area contributed by atoms with Crippen molar-refractivity contribution in [3.05, 3.63) is 41.6 Å². The normalized spacial score (nSPS) is 11.5. The Morgan fingerprint density at radius 1 is 1.24 bits per heavy atom. The molecular weight excluding hydrogens is 233 g/mol. The Kier molecular flexibility index (Phi) is 2.71. The van der Waals surface area contributed by atoms with Crippen LogP contribution in [-0.2, 0) is 6.18 Å². The summed E-state index contributed by atoms with van der Waals surface area (Å²) in [6, 6.07) is 5.03. The van der Waals surface area contributed by atoms with E-state index in [2.05, 4.69) is 10.2 Å². The monoisotopic (exact) mass is 240 g/mol. The van der Waals surface area contributed by atoms with Crippen molar-refractivity contribution < 1.29 is 18.0 Å². The molecule has 0 aliphatic rings. The highest BCUT2D eigenvalue weighted by Gasteiger charge is 2.34. The number of alkyl halides is 3. The maximum absolute atomic E-state index is 12.8. The lowest BCUT2D eigenvalue weighted by molar-refractivity contribution is -0.137. The van der Waals surface area contributed by atoms with E-state index in [1.165, 1.54) is 24.4 Å². The largest absolute Gasteiger partial charge is 0.417 e. The first-order valence-corrected chi connectivity index (χ1v) is 4.69. The van der Waals surface area contributed by atoms with E-state index in [4.69, 9.17) is 0 Å². The number of benzene rings is 1. The Labute approximate surface area is 94.3 Å². The van der Waals surface area contributed by atoms with Crippen molar-refractivity contribution in [1.29, 1.82) is 0 Å². The number of aromatic nitrogens is 2. The second kappa shape index (κ2) is 4.04. The van der Waals surface area contributed by atoms with Crippen LogP contribution in [0.4, 0.5) is 13.2 Å². The van der Waals surface area contributed by atoms with E-state index in [1.807, 2.05) is 0 Å². The average molecular weight is 240 g/mol. The first kappa shape index (κ1) is 11.4. The standard InChI is InChI=1S/C11H7F3N2O/c12-11(13,14)9-4-2-1-3-8(9)10-7(6-17)5-15-16-10/h1-6H,(H,15,16). The molecule has 0 radical (unpaired) electrons. The van der Waals surface area contributed by atoms with E-state index < -0.39 is 11.7 Å². The molecule has 2 aromatic rings. The summed E-state index contributed by atoms with van der Waals surface area (Å²) >= 11 is 0. The van der Waals surface area contributed by atoms with Crippen LogP contribution < -0.4 is 0 Å². The minimum absolute atomic E-state index is 0.0768. The van der Waals surface area contributed by atoms with Crippen LogP contribution in [0.2, 0.25) is 0 Å². The number of aldehydes is 1. The number of nitrogens with one attached hydrogen (secondary N) is 1. The minimum Gasteiger partial charge on any atom is -0.298 e. The van der Waals surface area contributed by atoms with Crippen LogP contribution in [0.25, 0.3) is 11.3 Å². The predicted octanol–water partition coefficient (Wildman–Crippen LogP) is 2.91. The van der Waals surface area contributed by atoms with E-state index in [-0.39, 0.29) is 16.8 Å². The van der Waals surface area contributed by atoms with Gasteiger partial charge in [0.1, 0.15) is 0 Å². The maximum Gasteiger partial charge on any atom is 0.417 e. The summed E-state index contributed by atoms with van der Waals surface area (Å²) in [5.41, 5.74) is -0.707. The molecule has 3 nitrogen and oxygen atoms in total. The van der Waals surface area contributed by atoms with Crippen LogP contribution in [0, 0.1) is 0 Å². The maximum atomic E-state index is 12.8. The number of rotatable bonds is 2. The lowest BCUT2D eigenvalue weighted by atomic mass is 10.0. The number of nitrogens with zero attached hydrogens (tertiary/aromatic N) is 1. The predicted molar refractivity (Wildman–Crippen MR) is 54.4 cm³/mol. The van der Waals surface area contributed by atoms with Gasteiger partial charge in [0.25, 0.3) is 0 Å². The van der Waals surface area contributed by atoms with Crippen LogP contribution in [0.5, 0.6) is 0 Å². The summed E-state index contributed by atoms with van der Waals surface area (Å²) in [7, 11) is 0. The van der Waals surface area contributed by atoms with Crippen molar-refractivity contribution in [1.82, 2.24) is 10.2 Å². The molecule has 2 rings (SSSR count). The van der Waals surface area contributed by atoms with Crippen molar-refractivity contribution >= 4 is 6.29 Å². The van der Waals surface area contributed by atoms with E-state index in [0.717, 1.165) is 6.07 Å². The van der Waals surface area contributed by atoms with Crippen LogP contribution in [-0.4, -0.2) is 16.5 Å². The number of carbonyl (C=O) groups excluding carboxylic acids is 1. The topological polar surface area (TPSA) is 45.8 Å². The molecule has 1 aromatic heterocycles. The highest BCUT2D eigenvalue weighted by Crippen LogP contribution is 2.36. The molecule has 1 N–H and O–H groups in total. The van der Waals surface area contributed by atoms with Gasteiger partial charge in [0.05, 0.1) is 23.0 Å². The molecule has 6 heteroatoms. The molecular formula is C11H7F3N2O. The summed E-state index contributed by atoms with van der Waals surface area (Å²) in [6.45, 7) is 0. The zero-order chi connectivity index (χ0) is 12.5. The van der Waals surface area contributed by atoms with Crippen molar-refractivity contribution in [2.75, 3.05) is 0 Å². The van der Waals surface area contributed by atoms with Gasteiger partial charge in [-0.1, -0.05) is 18.2 Å². The molecule has 0 spiro atoms. The van der Waals surface area contributed by atoms with Crippen LogP contribution in [0.1, 0.15) is 15.9 Å². The van der Waals surface area contributed by atoms with E-state index in [9.17, 15) is 18.0 Å². The van der Waals surface area contributed by atoms with Crippen LogP contribution in [0.15, 0.2) is 30.5 Å². The zero-order valence-electron chi connectivity index (χ0n) is 8.45. The van der Waals surface area contributed by atoms with Gasteiger partial charge in [-0.2, -0.15) is 18.3 Å². The summed E-state index contributed by atoms with van der Waals surface area (Å²) < 4.78 is 38.3. The summed E-state index contributed by atoms with van der Waals surface area (Å²) in [6.07, 6.45) is -2.82. The smallest absolute Gasteiger partial charge is 0.298 e. The van der Waals surface area contributed by atoms with Gasteiger partial charge in [0, 0.05) is 5.56 Å². The van der Waals surface area contributed by atoms with Crippen molar-refractivity contribution in [3.8, 4) is 11.3 Å². The van der Waals surface area contributed by atoms with Gasteiger partial charge in [-0.05, 0) is 6.07 Å². The molecule has 1 aromatic carbocycles. The average Bonchev–Trinajstić information content (AvgIpc) is 2.75. The van der Waals surface area contributed by atoms with Gasteiger partial charge in [0.15, 0.2) is 6.29 Å². The van der Waals surface area contributed by atoms with Crippen LogP contribution in [0.3, 0.4) is 0 Å². The van der Waals surface area contributed by atoms with E-state index in [0.29, 0.717) is 6.29 Å². The number of carbonyl (C=O) groups is 1. The fraction of sp³-hybridized carbons (Fsp3) is 0.0909. The minimum atomic E-state index is -4.47. The van der Waals surface area contributed by atoms with Crippen LogP contribution >= 0.6 is 0 Å². The third-order valence-corrected chi connectivity index (χ3v) is 2.30. The van der Waals surface area contributed by atoms with Gasteiger partial charge in [-0.15, -0.1) is 0 Å². The SMILES string of the molecule is O=Cc1cn[nH]c1-c1ccccc1C(F)(F)F. The summed E-state index contributed by atoms with van der Waals surface area (Å²) in [4.78, 5) is 10.7. The zero-order valence-corrected chi connectivity index (χ0v) is 8.45. The Balaban J connectivity index is 2.64. The Hall–Kier alpha value is -2.11. The fourth-order valence-corrected chi connectivity index (χ4v) is 1.55. The fourth-order valence-electron chi connectivity index (χ4n) is 1.55. The van der Waals surface area contributed by atoms with Gasteiger partial charge in [-0.3, -0.25) is 9.89 Å². The molecule has 0 bridgehead atoms.